The number of hydrogen-bond donors (Lipinski definition) is 0. The van der Waals surface area contributed by atoms with Gasteiger partial charge in [0.25, 0.3) is 0 Å². The molecule has 0 aromatic carbocycles. The van der Waals surface area contributed by atoms with E-state index >= 15 is 0 Å². The van der Waals surface area contributed by atoms with Gasteiger partial charge < -0.3 is 0 Å². The van der Waals surface area contributed by atoms with Crippen LogP contribution < -0.4 is 0 Å². The molecule has 2 heteroatoms. The number of nitrogens with zero attached hydrogens (tertiary/aromatic N) is 1. The first-order valence-corrected chi connectivity index (χ1v) is 0.921. The predicted octanol–water partition coefficient (Wildman–Crippen LogP) is 0.315. The van der Waals surface area contributed by atoms with E-state index in [4.69, 9.17) is 5.26 Å². The van der Waals surface area contributed by atoms with Gasteiger partial charge in [-0.25, -0.2) is 0 Å². The van der Waals surface area contributed by atoms with E-state index in [9.17, 15) is 0 Å². The molecule has 0 rings (SSSR count). The van der Waals surface area contributed by atoms with Crippen LogP contribution in [0.3, 0.4) is 0 Å². The molecule has 0 saturated heterocycles. The van der Waals surface area contributed by atoms with E-state index in [1.54, 1.807) is 6.07 Å². The van der Waals surface area contributed by atoms with Gasteiger partial charge >= 0.3 is 0 Å². The van der Waals surface area contributed by atoms with Crippen LogP contribution in [0.15, 0.2) is 12.7 Å². The van der Waals surface area contributed by atoms with E-state index in [1.807, 2.05) is 0 Å². The molecule has 0 aliphatic rings. The molecule has 0 saturated carbocycles. The SMILES string of the molecule is C=CC#N.[K]. The van der Waals surface area contributed by atoms with Crippen LogP contribution in [0, 0.1) is 11.3 Å². The Labute approximate surface area is 74.1 Å². The monoisotopic (exact) mass is 92.0 g/mol. The second-order valence-corrected chi connectivity index (χ2v) is 0.333. The molecule has 0 atom stereocenters. The quantitative estimate of drug-likeness (QED) is 0.312. The summed E-state index contributed by atoms with van der Waals surface area (Å²) < 4.78 is 0. The molecule has 0 bridgehead atoms. The maximum absolute atomic E-state index is 7.51. The summed E-state index contributed by atoms with van der Waals surface area (Å²) in [4.78, 5) is 0. The first-order chi connectivity index (χ1) is 1.91. The molecular weight excluding hydrogens is 89.1 g/mol. The third-order valence-electron chi connectivity index (χ3n) is 0.0913. The van der Waals surface area contributed by atoms with Crippen LogP contribution >= 0.6 is 0 Å². The number of nitriles is 1. The molecule has 5 heavy (non-hydrogen) atoms. The Kier molecular flexibility index (Phi) is 16.5. The summed E-state index contributed by atoms with van der Waals surface area (Å²) in [6.45, 7) is 3.12. The van der Waals surface area contributed by atoms with Gasteiger partial charge in [-0.3, -0.25) is 0 Å². The van der Waals surface area contributed by atoms with Crippen LogP contribution in [-0.4, -0.2) is 51.4 Å². The maximum Gasteiger partial charge on any atom is 0.0905 e. The van der Waals surface area contributed by atoms with Gasteiger partial charge in [0.2, 0.25) is 0 Å². The van der Waals surface area contributed by atoms with Crippen LogP contribution in [0.4, 0.5) is 0 Å². The Morgan fingerprint density at radius 3 is 2.00 bits per heavy atom. The molecular formula is C3H3KN. The zero-order valence-corrected chi connectivity index (χ0v) is 6.35. The molecule has 0 unspecified atom stereocenters. The van der Waals surface area contributed by atoms with Gasteiger partial charge in [-0.15, -0.1) is 0 Å². The molecule has 0 aliphatic carbocycles. The molecule has 1 nitrogen and oxygen atoms in total. The summed E-state index contributed by atoms with van der Waals surface area (Å²) in [7, 11) is 0. The van der Waals surface area contributed by atoms with Gasteiger partial charge in [0.1, 0.15) is 0 Å². The molecule has 0 amide bonds. The second-order valence-electron chi connectivity index (χ2n) is 0.333. The maximum atomic E-state index is 7.51. The van der Waals surface area contributed by atoms with Crippen molar-refractivity contribution in [1.29, 1.82) is 5.26 Å². The van der Waals surface area contributed by atoms with Crippen molar-refractivity contribution < 1.29 is 0 Å². The zero-order valence-electron chi connectivity index (χ0n) is 3.23. The fourth-order valence-corrected chi connectivity index (χ4v) is 0. The average molecular weight is 92.2 g/mol. The van der Waals surface area contributed by atoms with Crippen LogP contribution in [0.25, 0.3) is 0 Å². The van der Waals surface area contributed by atoms with E-state index in [0.717, 1.165) is 0 Å². The van der Waals surface area contributed by atoms with Gasteiger partial charge in [-0.05, 0) is 0 Å². The standard InChI is InChI=1S/C3H3N.K/c1-2-3-4;/h2H,1H2;. The molecule has 0 spiro atoms. The second kappa shape index (κ2) is 8.85. The number of allylic oxidation sites excluding steroid dienone is 1. The van der Waals surface area contributed by atoms with Crippen LogP contribution in [0.1, 0.15) is 0 Å². The minimum absolute atomic E-state index is 0. The van der Waals surface area contributed by atoms with Crippen LogP contribution in [0.5, 0.6) is 0 Å². The third-order valence-corrected chi connectivity index (χ3v) is 0.0913. The summed E-state index contributed by atoms with van der Waals surface area (Å²) in [5, 5.41) is 7.51. The van der Waals surface area contributed by atoms with Gasteiger partial charge in [0, 0.05) is 57.5 Å². The van der Waals surface area contributed by atoms with Crippen LogP contribution in [-0.2, 0) is 0 Å². The molecule has 0 aliphatic heterocycles. The summed E-state index contributed by atoms with van der Waals surface area (Å²) in [5.41, 5.74) is 0. The summed E-state index contributed by atoms with van der Waals surface area (Å²) in [6.07, 6.45) is 1.18. The predicted molar refractivity (Wildman–Crippen MR) is 21.6 cm³/mol. The smallest absolute Gasteiger partial charge is 0.0905 e. The Balaban J connectivity index is 0. The van der Waals surface area contributed by atoms with Gasteiger partial charge in [-0.2, -0.15) is 5.26 Å². The third kappa shape index (κ3) is 11.5. The first kappa shape index (κ1) is 9.29. The van der Waals surface area contributed by atoms with E-state index in [2.05, 4.69) is 6.58 Å². The fraction of sp³-hybridized carbons (Fsp3) is 0. The molecule has 1 radical (unpaired) electrons. The van der Waals surface area contributed by atoms with Crippen molar-refractivity contribution in [1.82, 2.24) is 0 Å². The summed E-state index contributed by atoms with van der Waals surface area (Å²) in [6, 6.07) is 1.69. The summed E-state index contributed by atoms with van der Waals surface area (Å²) in [5.74, 6) is 0. The molecule has 0 fully saturated rings. The van der Waals surface area contributed by atoms with Crippen LogP contribution in [0.2, 0.25) is 0 Å². The van der Waals surface area contributed by atoms with E-state index in [0.29, 0.717) is 0 Å². The molecule has 21 valence electrons. The van der Waals surface area contributed by atoms with Gasteiger partial charge in [0.05, 0.1) is 6.07 Å². The van der Waals surface area contributed by atoms with Crippen molar-refractivity contribution in [3.63, 3.8) is 0 Å². The Morgan fingerprint density at radius 2 is 2.00 bits per heavy atom. The topological polar surface area (TPSA) is 23.8 Å². The fourth-order valence-electron chi connectivity index (χ4n) is 0. The minimum Gasteiger partial charge on any atom is -0.193 e. The largest absolute Gasteiger partial charge is 0.193 e. The Hall–Kier alpha value is 0.866. The molecule has 0 aromatic heterocycles. The number of hydrogen-bond acceptors (Lipinski definition) is 1. The average Bonchev–Trinajstić information content (AvgIpc) is 1.37. The molecule has 0 aromatic rings. The first-order valence-electron chi connectivity index (χ1n) is 0.921. The van der Waals surface area contributed by atoms with Gasteiger partial charge in [-0.1, -0.05) is 6.58 Å². The summed E-state index contributed by atoms with van der Waals surface area (Å²) >= 11 is 0. The van der Waals surface area contributed by atoms with Crippen molar-refractivity contribution in [2.45, 2.75) is 0 Å². The molecule has 0 heterocycles. The van der Waals surface area contributed by atoms with Crippen molar-refractivity contribution in [2.24, 2.45) is 0 Å². The molecule has 0 N–H and O–H groups in total. The van der Waals surface area contributed by atoms with Crippen molar-refractivity contribution in [2.75, 3.05) is 0 Å². The van der Waals surface area contributed by atoms with Crippen molar-refractivity contribution in [3.8, 4) is 6.07 Å². The Bertz CT molecular complexity index is 52.4. The van der Waals surface area contributed by atoms with Gasteiger partial charge in [0.15, 0.2) is 0 Å². The van der Waals surface area contributed by atoms with E-state index in [-0.39, 0.29) is 51.4 Å². The Morgan fingerprint density at radius 1 is 1.80 bits per heavy atom. The number of rotatable bonds is 0. The van der Waals surface area contributed by atoms with E-state index < -0.39 is 0 Å². The minimum atomic E-state index is 0. The van der Waals surface area contributed by atoms with Crippen molar-refractivity contribution in [3.05, 3.63) is 12.7 Å². The normalized spacial score (nSPS) is 3.00. The van der Waals surface area contributed by atoms with E-state index in [1.165, 1.54) is 6.08 Å². The van der Waals surface area contributed by atoms with Crippen molar-refractivity contribution >= 4 is 51.4 Å². The zero-order chi connectivity index (χ0) is 3.41.